The molecule has 2 heterocycles. The molecule has 0 unspecified atom stereocenters. The van der Waals surface area contributed by atoms with Gasteiger partial charge in [0.05, 0.1) is 5.56 Å². The molecule has 0 atom stereocenters. The van der Waals surface area contributed by atoms with Gasteiger partial charge in [0.15, 0.2) is 0 Å². The topological polar surface area (TPSA) is 59.2 Å². The first kappa shape index (κ1) is 18.3. The number of nitrogens with zero attached hydrogens (tertiary/aromatic N) is 3. The van der Waals surface area contributed by atoms with Crippen LogP contribution >= 0.6 is 0 Å². The summed E-state index contributed by atoms with van der Waals surface area (Å²) >= 11 is 0. The van der Waals surface area contributed by atoms with Crippen molar-refractivity contribution in [3.63, 3.8) is 0 Å². The van der Waals surface area contributed by atoms with Gasteiger partial charge >= 0.3 is 0 Å². The number of carbonyl (C=O) groups is 1. The van der Waals surface area contributed by atoms with Crippen LogP contribution in [0.5, 0.6) is 0 Å². The van der Waals surface area contributed by atoms with Crippen molar-refractivity contribution in [1.29, 1.82) is 0 Å². The van der Waals surface area contributed by atoms with Gasteiger partial charge in [-0.15, -0.1) is 10.2 Å². The molecule has 1 aromatic heterocycles. The van der Waals surface area contributed by atoms with Crippen LogP contribution in [0.3, 0.4) is 0 Å². The quantitative estimate of drug-likeness (QED) is 0.680. The molecule has 3 aromatic rings. The summed E-state index contributed by atoms with van der Waals surface area (Å²) in [5.74, 6) is -0.539. The molecule has 0 bridgehead atoms. The van der Waals surface area contributed by atoms with E-state index in [0.717, 1.165) is 30.5 Å². The maximum absolute atomic E-state index is 13.8. The van der Waals surface area contributed by atoms with E-state index in [-0.39, 0.29) is 5.56 Å². The van der Waals surface area contributed by atoms with Crippen molar-refractivity contribution in [2.75, 3.05) is 13.1 Å². The SMILES string of the molecule is O=C(c1ccc(F)cc1F)N1CCC(Cc2nnc(-c3ccccc3)o2)CC1. The smallest absolute Gasteiger partial charge is 0.256 e. The zero-order chi connectivity index (χ0) is 19.5. The third-order valence-corrected chi connectivity index (χ3v) is 5.01. The van der Waals surface area contributed by atoms with Gasteiger partial charge in [-0.3, -0.25) is 4.79 Å². The number of carbonyl (C=O) groups excluding carboxylic acids is 1. The summed E-state index contributed by atoms with van der Waals surface area (Å²) in [7, 11) is 0. The third-order valence-electron chi connectivity index (χ3n) is 5.01. The van der Waals surface area contributed by atoms with Gasteiger partial charge in [-0.25, -0.2) is 8.78 Å². The predicted octanol–water partition coefficient (Wildman–Crippen LogP) is 4.11. The number of aromatic nitrogens is 2. The highest BCUT2D eigenvalue weighted by Gasteiger charge is 2.26. The van der Waals surface area contributed by atoms with Gasteiger partial charge in [-0.2, -0.15) is 0 Å². The fourth-order valence-corrected chi connectivity index (χ4v) is 3.45. The zero-order valence-corrected chi connectivity index (χ0v) is 15.1. The second-order valence-corrected chi connectivity index (χ2v) is 6.93. The highest BCUT2D eigenvalue weighted by Crippen LogP contribution is 2.25. The Morgan fingerprint density at radius 1 is 1.07 bits per heavy atom. The van der Waals surface area contributed by atoms with Gasteiger partial charge in [-0.1, -0.05) is 18.2 Å². The Kier molecular flexibility index (Phi) is 5.14. The van der Waals surface area contributed by atoms with Crippen LogP contribution in [-0.2, 0) is 6.42 Å². The van der Waals surface area contributed by atoms with Crippen LogP contribution in [0.15, 0.2) is 52.9 Å². The molecular weight excluding hydrogens is 364 g/mol. The fourth-order valence-electron chi connectivity index (χ4n) is 3.45. The lowest BCUT2D eigenvalue weighted by Crippen LogP contribution is -2.39. The average Bonchev–Trinajstić information content (AvgIpc) is 3.17. The number of benzene rings is 2. The Hall–Kier alpha value is -3.09. The summed E-state index contributed by atoms with van der Waals surface area (Å²) in [6.45, 7) is 1.03. The van der Waals surface area contributed by atoms with Gasteiger partial charge in [0.2, 0.25) is 11.8 Å². The minimum absolute atomic E-state index is 0.0933. The number of piperidine rings is 1. The minimum Gasteiger partial charge on any atom is -0.421 e. The summed E-state index contributed by atoms with van der Waals surface area (Å²) in [6.07, 6.45) is 2.17. The summed E-state index contributed by atoms with van der Waals surface area (Å²) in [4.78, 5) is 14.1. The second-order valence-electron chi connectivity index (χ2n) is 6.93. The van der Waals surface area contributed by atoms with Crippen molar-refractivity contribution >= 4 is 5.91 Å². The molecule has 7 heteroatoms. The Morgan fingerprint density at radius 3 is 2.54 bits per heavy atom. The monoisotopic (exact) mass is 383 g/mol. The molecule has 1 amide bonds. The van der Waals surface area contributed by atoms with Crippen LogP contribution in [0.2, 0.25) is 0 Å². The number of hydrogen-bond donors (Lipinski definition) is 0. The Bertz CT molecular complexity index is 967. The summed E-state index contributed by atoms with van der Waals surface area (Å²) in [5, 5.41) is 8.22. The molecule has 0 saturated carbocycles. The van der Waals surface area contributed by atoms with Crippen molar-refractivity contribution in [1.82, 2.24) is 15.1 Å². The largest absolute Gasteiger partial charge is 0.421 e. The van der Waals surface area contributed by atoms with E-state index in [4.69, 9.17) is 4.42 Å². The molecule has 1 aliphatic rings. The van der Waals surface area contributed by atoms with Crippen molar-refractivity contribution in [3.05, 3.63) is 71.6 Å². The van der Waals surface area contributed by atoms with Gasteiger partial charge in [0, 0.05) is 31.1 Å². The van der Waals surface area contributed by atoms with Gasteiger partial charge in [0.25, 0.3) is 5.91 Å². The Labute approximate surface area is 161 Å². The second kappa shape index (κ2) is 7.88. The molecule has 0 radical (unpaired) electrons. The molecule has 28 heavy (non-hydrogen) atoms. The first-order chi connectivity index (χ1) is 13.6. The molecule has 4 rings (SSSR count). The Morgan fingerprint density at radius 2 is 1.82 bits per heavy atom. The summed E-state index contributed by atoms with van der Waals surface area (Å²) in [6, 6.07) is 12.6. The number of halogens is 2. The van der Waals surface area contributed by atoms with Crippen LogP contribution in [0, 0.1) is 17.6 Å². The molecule has 1 aliphatic heterocycles. The highest BCUT2D eigenvalue weighted by atomic mass is 19.1. The van der Waals surface area contributed by atoms with Crippen molar-refractivity contribution in [2.45, 2.75) is 19.3 Å². The highest BCUT2D eigenvalue weighted by molar-refractivity contribution is 5.94. The van der Waals surface area contributed by atoms with E-state index >= 15 is 0 Å². The molecule has 144 valence electrons. The number of likely N-dealkylation sites (tertiary alicyclic amines) is 1. The van der Waals surface area contributed by atoms with Crippen molar-refractivity contribution < 1.29 is 18.0 Å². The van der Waals surface area contributed by atoms with E-state index in [1.807, 2.05) is 30.3 Å². The molecule has 5 nitrogen and oxygen atoms in total. The number of rotatable bonds is 4. The van der Waals surface area contributed by atoms with E-state index in [0.29, 0.717) is 37.2 Å². The normalized spacial score (nSPS) is 15.0. The molecule has 0 N–H and O–H groups in total. The first-order valence-electron chi connectivity index (χ1n) is 9.22. The Balaban J connectivity index is 1.34. The van der Waals surface area contributed by atoms with Gasteiger partial charge < -0.3 is 9.32 Å². The van der Waals surface area contributed by atoms with E-state index < -0.39 is 17.5 Å². The zero-order valence-electron chi connectivity index (χ0n) is 15.1. The lowest BCUT2D eigenvalue weighted by atomic mass is 9.93. The van der Waals surface area contributed by atoms with E-state index in [9.17, 15) is 13.6 Å². The van der Waals surface area contributed by atoms with Crippen LogP contribution in [0.25, 0.3) is 11.5 Å². The molecular formula is C21H19F2N3O2. The maximum Gasteiger partial charge on any atom is 0.256 e. The van der Waals surface area contributed by atoms with Gasteiger partial charge in [-0.05, 0) is 43.0 Å². The van der Waals surface area contributed by atoms with Crippen LogP contribution < -0.4 is 0 Å². The molecule has 1 saturated heterocycles. The number of hydrogen-bond acceptors (Lipinski definition) is 4. The van der Waals surface area contributed by atoms with Crippen LogP contribution in [0.4, 0.5) is 8.78 Å². The molecule has 1 fully saturated rings. The van der Waals surface area contributed by atoms with E-state index in [1.165, 1.54) is 6.07 Å². The third kappa shape index (κ3) is 3.93. The predicted molar refractivity (Wildman–Crippen MR) is 98.4 cm³/mol. The molecule has 0 spiro atoms. The van der Waals surface area contributed by atoms with Crippen molar-refractivity contribution in [3.8, 4) is 11.5 Å². The lowest BCUT2D eigenvalue weighted by Gasteiger charge is -2.31. The standard InChI is InChI=1S/C21H19F2N3O2/c22-16-6-7-17(18(23)13-16)21(27)26-10-8-14(9-11-26)12-19-24-25-20(28-19)15-4-2-1-3-5-15/h1-7,13-14H,8-12H2. The van der Waals surface area contributed by atoms with Crippen LogP contribution in [-0.4, -0.2) is 34.1 Å². The molecule has 0 aliphatic carbocycles. The van der Waals surface area contributed by atoms with Crippen molar-refractivity contribution in [2.24, 2.45) is 5.92 Å². The fraction of sp³-hybridized carbons (Fsp3) is 0.286. The molecule has 2 aromatic carbocycles. The first-order valence-corrected chi connectivity index (χ1v) is 9.22. The van der Waals surface area contributed by atoms with E-state index in [1.54, 1.807) is 4.90 Å². The average molecular weight is 383 g/mol. The van der Waals surface area contributed by atoms with E-state index in [2.05, 4.69) is 10.2 Å². The summed E-state index contributed by atoms with van der Waals surface area (Å²) in [5.41, 5.74) is 0.784. The van der Waals surface area contributed by atoms with Gasteiger partial charge in [0.1, 0.15) is 11.6 Å². The van der Waals surface area contributed by atoms with Crippen LogP contribution in [0.1, 0.15) is 29.1 Å². The number of amides is 1. The maximum atomic E-state index is 13.8. The summed E-state index contributed by atoms with van der Waals surface area (Å²) < 4.78 is 32.6. The minimum atomic E-state index is -0.827. The lowest BCUT2D eigenvalue weighted by molar-refractivity contribution is 0.0683.